The van der Waals surface area contributed by atoms with E-state index >= 15 is 0 Å². The van der Waals surface area contributed by atoms with Gasteiger partial charge in [-0.15, -0.1) is 0 Å². The summed E-state index contributed by atoms with van der Waals surface area (Å²) in [5.41, 5.74) is 0. The van der Waals surface area contributed by atoms with Crippen molar-refractivity contribution in [3.05, 3.63) is 0 Å². The molecule has 0 aromatic carbocycles. The van der Waals surface area contributed by atoms with Crippen LogP contribution in [0.1, 0.15) is 6.92 Å². The number of rotatable bonds is 7. The zero-order chi connectivity index (χ0) is 10.3. The quantitative estimate of drug-likeness (QED) is 0.376. The van der Waals surface area contributed by atoms with Crippen molar-refractivity contribution in [2.45, 2.75) is 19.1 Å². The zero-order valence-electron chi connectivity index (χ0n) is 7.93. The van der Waals surface area contributed by atoms with Crippen molar-refractivity contribution in [3.8, 4) is 0 Å². The molecule has 80 valence electrons. The van der Waals surface area contributed by atoms with E-state index in [0.29, 0.717) is 13.1 Å². The second kappa shape index (κ2) is 7.23. The van der Waals surface area contributed by atoms with Crippen molar-refractivity contribution >= 4 is 0 Å². The molecule has 0 bridgehead atoms. The van der Waals surface area contributed by atoms with Crippen LogP contribution in [0.4, 0.5) is 0 Å². The predicted molar refractivity (Wildman–Crippen MR) is 48.3 cm³/mol. The maximum atomic E-state index is 9.11. The van der Waals surface area contributed by atoms with Gasteiger partial charge in [-0.1, -0.05) is 0 Å². The van der Waals surface area contributed by atoms with Crippen LogP contribution in [0.5, 0.6) is 0 Å². The van der Waals surface area contributed by atoms with Gasteiger partial charge in [0.1, 0.15) is 0 Å². The van der Waals surface area contributed by atoms with Crippen molar-refractivity contribution in [2.75, 3.05) is 32.8 Å². The van der Waals surface area contributed by atoms with E-state index < -0.39 is 12.2 Å². The molecular formula is C8H19NO4. The minimum Gasteiger partial charge on any atom is -0.395 e. The average molecular weight is 193 g/mol. The summed E-state index contributed by atoms with van der Waals surface area (Å²) >= 11 is 0. The van der Waals surface area contributed by atoms with Gasteiger partial charge in [0.05, 0.1) is 25.4 Å². The molecule has 13 heavy (non-hydrogen) atoms. The lowest BCUT2D eigenvalue weighted by molar-refractivity contribution is 0.0365. The molecule has 4 N–H and O–H groups in total. The third-order valence-electron chi connectivity index (χ3n) is 1.62. The maximum Gasteiger partial charge on any atom is 0.0897 e. The highest BCUT2D eigenvalue weighted by Gasteiger charge is 2.12. The van der Waals surface area contributed by atoms with Gasteiger partial charge in [-0.2, -0.15) is 0 Å². The van der Waals surface area contributed by atoms with E-state index in [1.807, 2.05) is 0 Å². The Morgan fingerprint density at radius 2 is 1.77 bits per heavy atom. The van der Waals surface area contributed by atoms with E-state index in [0.717, 1.165) is 0 Å². The van der Waals surface area contributed by atoms with E-state index in [1.165, 1.54) is 0 Å². The fraction of sp³-hybridized carbons (Fsp3) is 1.00. The lowest BCUT2D eigenvalue weighted by Crippen LogP contribution is -2.40. The Labute approximate surface area is 78.2 Å². The van der Waals surface area contributed by atoms with Crippen LogP contribution in [0.2, 0.25) is 0 Å². The molecule has 0 saturated heterocycles. The summed E-state index contributed by atoms with van der Waals surface area (Å²) in [7, 11) is 0. The monoisotopic (exact) mass is 193 g/mol. The summed E-state index contributed by atoms with van der Waals surface area (Å²) in [6.45, 7) is 2.35. The molecule has 2 atom stereocenters. The average Bonchev–Trinajstić information content (AvgIpc) is 2.03. The highest BCUT2D eigenvalue weighted by Crippen LogP contribution is 1.94. The Bertz CT molecular complexity index is 121. The molecule has 5 heteroatoms. The van der Waals surface area contributed by atoms with Crippen molar-refractivity contribution < 1.29 is 20.4 Å². The first-order valence-electron chi connectivity index (χ1n) is 4.40. The Balaban J connectivity index is 3.78. The first kappa shape index (κ1) is 12.8. The molecule has 0 heterocycles. The molecule has 0 radical (unpaired) electrons. The lowest BCUT2D eigenvalue weighted by Gasteiger charge is -2.24. The molecule has 0 spiro atoms. The van der Waals surface area contributed by atoms with Gasteiger partial charge < -0.3 is 20.4 Å². The first-order chi connectivity index (χ1) is 6.10. The van der Waals surface area contributed by atoms with Crippen molar-refractivity contribution in [3.63, 3.8) is 0 Å². The van der Waals surface area contributed by atoms with Crippen LogP contribution in [0, 0.1) is 0 Å². The smallest absolute Gasteiger partial charge is 0.0897 e. The van der Waals surface area contributed by atoms with Crippen LogP contribution >= 0.6 is 0 Å². The fourth-order valence-corrected chi connectivity index (χ4v) is 1.13. The molecule has 0 aliphatic heterocycles. The van der Waals surface area contributed by atoms with Gasteiger partial charge >= 0.3 is 0 Å². The third-order valence-corrected chi connectivity index (χ3v) is 1.62. The van der Waals surface area contributed by atoms with Crippen molar-refractivity contribution in [1.82, 2.24) is 4.90 Å². The highest BCUT2D eigenvalue weighted by atomic mass is 16.3. The van der Waals surface area contributed by atoms with Crippen molar-refractivity contribution in [2.24, 2.45) is 0 Å². The molecule has 5 nitrogen and oxygen atoms in total. The summed E-state index contributed by atoms with van der Waals surface area (Å²) in [6, 6.07) is 0. The predicted octanol–water partition coefficient (Wildman–Crippen LogP) is -1.99. The minimum absolute atomic E-state index is 0.0229. The topological polar surface area (TPSA) is 84.2 Å². The van der Waals surface area contributed by atoms with Gasteiger partial charge in [-0.05, 0) is 6.92 Å². The van der Waals surface area contributed by atoms with Gasteiger partial charge in [0.25, 0.3) is 0 Å². The molecule has 2 unspecified atom stereocenters. The third kappa shape index (κ3) is 6.92. The summed E-state index contributed by atoms with van der Waals surface area (Å²) in [6.07, 6.45) is -1.32. The summed E-state index contributed by atoms with van der Waals surface area (Å²) in [5, 5.41) is 35.4. The van der Waals surface area contributed by atoms with Gasteiger partial charge in [-0.3, -0.25) is 4.90 Å². The second-order valence-electron chi connectivity index (χ2n) is 3.17. The van der Waals surface area contributed by atoms with Crippen LogP contribution in [0.25, 0.3) is 0 Å². The number of aliphatic hydroxyl groups excluding tert-OH is 4. The Morgan fingerprint density at radius 3 is 2.15 bits per heavy atom. The normalized spacial score (nSPS) is 16.2. The van der Waals surface area contributed by atoms with E-state index in [9.17, 15) is 0 Å². The zero-order valence-corrected chi connectivity index (χ0v) is 7.93. The lowest BCUT2D eigenvalue weighted by atomic mass is 10.3. The van der Waals surface area contributed by atoms with E-state index in [-0.39, 0.29) is 19.8 Å². The van der Waals surface area contributed by atoms with Crippen LogP contribution in [-0.2, 0) is 0 Å². The van der Waals surface area contributed by atoms with Gasteiger partial charge in [0.15, 0.2) is 0 Å². The van der Waals surface area contributed by atoms with E-state index in [2.05, 4.69) is 0 Å². The van der Waals surface area contributed by atoms with Crippen LogP contribution < -0.4 is 0 Å². The Kier molecular flexibility index (Phi) is 7.12. The molecule has 0 aromatic rings. The fourth-order valence-electron chi connectivity index (χ4n) is 1.13. The molecule has 0 aromatic heterocycles. The van der Waals surface area contributed by atoms with Gasteiger partial charge in [0.2, 0.25) is 0 Å². The maximum absolute atomic E-state index is 9.11. The molecule has 0 fully saturated rings. The molecule has 0 rings (SSSR count). The van der Waals surface area contributed by atoms with Crippen LogP contribution in [-0.4, -0.2) is 70.4 Å². The van der Waals surface area contributed by atoms with Gasteiger partial charge in [-0.25, -0.2) is 0 Å². The van der Waals surface area contributed by atoms with Gasteiger partial charge in [0, 0.05) is 19.6 Å². The minimum atomic E-state index is -0.815. The largest absolute Gasteiger partial charge is 0.395 e. The SMILES string of the molecule is CC(O)CN(CCO)CC(O)CO. The number of hydrogen-bond donors (Lipinski definition) is 4. The van der Waals surface area contributed by atoms with E-state index in [1.54, 1.807) is 11.8 Å². The van der Waals surface area contributed by atoms with Crippen molar-refractivity contribution in [1.29, 1.82) is 0 Å². The second-order valence-corrected chi connectivity index (χ2v) is 3.17. The summed E-state index contributed by atoms with van der Waals surface area (Å²) in [5.74, 6) is 0. The number of hydrogen-bond acceptors (Lipinski definition) is 5. The standard InChI is InChI=1S/C8H19NO4/c1-7(12)4-9(2-3-10)5-8(13)6-11/h7-8,10-13H,2-6H2,1H3. The molecule has 0 aliphatic carbocycles. The highest BCUT2D eigenvalue weighted by molar-refractivity contribution is 4.65. The number of aliphatic hydroxyl groups is 4. The Hall–Kier alpha value is -0.200. The van der Waals surface area contributed by atoms with E-state index in [4.69, 9.17) is 20.4 Å². The molecule has 0 aliphatic rings. The van der Waals surface area contributed by atoms with Crippen LogP contribution in [0.3, 0.4) is 0 Å². The Morgan fingerprint density at radius 1 is 1.15 bits per heavy atom. The first-order valence-corrected chi connectivity index (χ1v) is 4.40. The summed E-state index contributed by atoms with van der Waals surface area (Å²) in [4.78, 5) is 1.70. The number of nitrogens with zero attached hydrogens (tertiary/aromatic N) is 1. The van der Waals surface area contributed by atoms with Crippen LogP contribution in [0.15, 0.2) is 0 Å². The summed E-state index contributed by atoms with van der Waals surface area (Å²) < 4.78 is 0. The molecular weight excluding hydrogens is 174 g/mol. The molecule has 0 amide bonds. The molecule has 0 saturated carbocycles.